The van der Waals surface area contributed by atoms with Gasteiger partial charge in [-0.25, -0.2) is 4.98 Å². The summed E-state index contributed by atoms with van der Waals surface area (Å²) >= 11 is 1.78. The Kier molecular flexibility index (Phi) is 5.05. The highest BCUT2D eigenvalue weighted by molar-refractivity contribution is 7.10. The highest BCUT2D eigenvalue weighted by Gasteiger charge is 2.27. The minimum absolute atomic E-state index is 0.495. The minimum Gasteiger partial charge on any atom is -0.237 e. The van der Waals surface area contributed by atoms with Crippen LogP contribution in [0.5, 0.6) is 0 Å². The molecular formula is C22H27NS. The zero-order valence-electron chi connectivity index (χ0n) is 15.2. The van der Waals surface area contributed by atoms with E-state index in [9.17, 15) is 0 Å². The average molecular weight is 338 g/mol. The molecule has 2 atom stereocenters. The Morgan fingerprint density at radius 1 is 1.38 bits per heavy atom. The van der Waals surface area contributed by atoms with Crippen LogP contribution in [-0.4, -0.2) is 4.98 Å². The first-order valence-corrected chi connectivity index (χ1v) is 9.82. The smallest absolute Gasteiger partial charge is 0.120 e. The lowest BCUT2D eigenvalue weighted by molar-refractivity contribution is 0.676. The standard InChI is InChI=1S/C22H27NS/c1-6-9-18-16(5)19(14(2)3)12-20(18)21-13-24-22(23-21)17-11-8-7-10-15(17)4/h7-8,11-13,15,18H,2,6,9-10H2,1,3-5H3. The third-order valence-corrected chi connectivity index (χ3v) is 6.03. The Balaban J connectivity index is 1.95. The molecule has 0 bridgehead atoms. The first kappa shape index (κ1) is 17.2. The zero-order valence-corrected chi connectivity index (χ0v) is 16.0. The van der Waals surface area contributed by atoms with Gasteiger partial charge >= 0.3 is 0 Å². The van der Waals surface area contributed by atoms with Crippen molar-refractivity contribution >= 4 is 22.5 Å². The molecule has 2 heteroatoms. The molecule has 1 aromatic heterocycles. The van der Waals surface area contributed by atoms with Crippen LogP contribution < -0.4 is 0 Å². The van der Waals surface area contributed by atoms with Crippen molar-refractivity contribution in [1.29, 1.82) is 0 Å². The van der Waals surface area contributed by atoms with Crippen LogP contribution in [0.2, 0.25) is 0 Å². The van der Waals surface area contributed by atoms with E-state index in [1.165, 1.54) is 40.1 Å². The van der Waals surface area contributed by atoms with Gasteiger partial charge in [-0.3, -0.25) is 0 Å². The van der Waals surface area contributed by atoms with E-state index >= 15 is 0 Å². The maximum atomic E-state index is 5.02. The van der Waals surface area contributed by atoms with Gasteiger partial charge in [-0.15, -0.1) is 11.3 Å². The fraction of sp³-hybridized carbons (Fsp3) is 0.409. The first-order chi connectivity index (χ1) is 11.5. The van der Waals surface area contributed by atoms with E-state index in [-0.39, 0.29) is 0 Å². The van der Waals surface area contributed by atoms with Crippen molar-refractivity contribution in [3.05, 3.63) is 63.7 Å². The summed E-state index contributed by atoms with van der Waals surface area (Å²) in [5, 5.41) is 3.42. The van der Waals surface area contributed by atoms with Gasteiger partial charge in [-0.2, -0.15) is 0 Å². The van der Waals surface area contributed by atoms with E-state index < -0.39 is 0 Å². The molecule has 2 unspecified atom stereocenters. The molecule has 0 saturated carbocycles. The van der Waals surface area contributed by atoms with Crippen LogP contribution in [0.1, 0.15) is 57.7 Å². The zero-order chi connectivity index (χ0) is 17.3. The van der Waals surface area contributed by atoms with Gasteiger partial charge in [-0.05, 0) is 55.4 Å². The van der Waals surface area contributed by atoms with Crippen molar-refractivity contribution in [1.82, 2.24) is 4.98 Å². The fourth-order valence-corrected chi connectivity index (χ4v) is 4.70. The summed E-state index contributed by atoms with van der Waals surface area (Å²) in [6, 6.07) is 0. The van der Waals surface area contributed by atoms with E-state index in [2.05, 4.69) is 64.0 Å². The van der Waals surface area contributed by atoms with Crippen molar-refractivity contribution in [2.24, 2.45) is 11.8 Å². The number of hydrogen-bond acceptors (Lipinski definition) is 2. The molecule has 3 rings (SSSR count). The van der Waals surface area contributed by atoms with Crippen LogP contribution in [0.25, 0.3) is 11.1 Å². The molecule has 0 fully saturated rings. The third kappa shape index (κ3) is 3.12. The fourth-order valence-electron chi connectivity index (χ4n) is 3.73. The van der Waals surface area contributed by atoms with Crippen LogP contribution >= 0.6 is 11.3 Å². The van der Waals surface area contributed by atoms with Gasteiger partial charge in [0.2, 0.25) is 0 Å². The topological polar surface area (TPSA) is 12.9 Å². The Bertz CT molecular complexity index is 770. The van der Waals surface area contributed by atoms with E-state index in [0.29, 0.717) is 11.8 Å². The summed E-state index contributed by atoms with van der Waals surface area (Å²) in [5.41, 5.74) is 7.87. The quantitative estimate of drug-likeness (QED) is 0.574. The minimum atomic E-state index is 0.495. The average Bonchev–Trinajstić information content (AvgIpc) is 3.14. The molecule has 0 aliphatic heterocycles. The van der Waals surface area contributed by atoms with Crippen molar-refractivity contribution < 1.29 is 0 Å². The molecule has 1 nitrogen and oxygen atoms in total. The summed E-state index contributed by atoms with van der Waals surface area (Å²) in [5.74, 6) is 1.05. The van der Waals surface area contributed by atoms with Crippen molar-refractivity contribution in [2.45, 2.75) is 47.0 Å². The van der Waals surface area contributed by atoms with Crippen LogP contribution in [0.15, 0.2) is 53.0 Å². The third-order valence-electron chi connectivity index (χ3n) is 5.14. The lowest BCUT2D eigenvalue weighted by Crippen LogP contribution is -2.03. The second kappa shape index (κ2) is 7.06. The van der Waals surface area contributed by atoms with Gasteiger partial charge in [0.1, 0.15) is 5.01 Å². The molecule has 1 heterocycles. The van der Waals surface area contributed by atoms with Gasteiger partial charge in [0.05, 0.1) is 5.69 Å². The molecule has 2 aliphatic rings. The maximum absolute atomic E-state index is 5.02. The predicted molar refractivity (Wildman–Crippen MR) is 107 cm³/mol. The number of allylic oxidation sites excluding steroid dienone is 9. The largest absolute Gasteiger partial charge is 0.237 e. The molecule has 1 aromatic rings. The Labute approximate surface area is 150 Å². The summed E-state index contributed by atoms with van der Waals surface area (Å²) in [6.07, 6.45) is 12.4. The second-order valence-corrected chi connectivity index (χ2v) is 7.90. The number of hydrogen-bond donors (Lipinski definition) is 0. The highest BCUT2D eigenvalue weighted by Crippen LogP contribution is 2.43. The van der Waals surface area contributed by atoms with Gasteiger partial charge in [0.15, 0.2) is 0 Å². The molecule has 0 saturated heterocycles. The van der Waals surface area contributed by atoms with Crippen molar-refractivity contribution in [2.75, 3.05) is 0 Å². The van der Waals surface area contributed by atoms with Crippen LogP contribution in [0, 0.1) is 11.8 Å². The SMILES string of the molecule is C=C(C)C1=C(C)C(CCC)C(c2csc(C3=CC=CCC3C)n2)=C1. The van der Waals surface area contributed by atoms with Crippen LogP contribution in [-0.2, 0) is 0 Å². The van der Waals surface area contributed by atoms with Gasteiger partial charge in [0, 0.05) is 11.3 Å². The Hall–Kier alpha value is -1.67. The van der Waals surface area contributed by atoms with Crippen molar-refractivity contribution in [3.63, 3.8) is 0 Å². The normalized spacial score (nSPS) is 23.5. The number of aromatic nitrogens is 1. The number of rotatable bonds is 5. The number of thiazole rings is 1. The Morgan fingerprint density at radius 2 is 2.17 bits per heavy atom. The molecule has 0 amide bonds. The molecular weight excluding hydrogens is 310 g/mol. The summed E-state index contributed by atoms with van der Waals surface area (Å²) < 4.78 is 0. The summed E-state index contributed by atoms with van der Waals surface area (Å²) in [7, 11) is 0. The monoisotopic (exact) mass is 337 g/mol. The van der Waals surface area contributed by atoms with E-state index in [4.69, 9.17) is 4.98 Å². The second-order valence-electron chi connectivity index (χ2n) is 7.04. The van der Waals surface area contributed by atoms with E-state index in [1.807, 2.05) is 0 Å². The first-order valence-electron chi connectivity index (χ1n) is 8.94. The van der Waals surface area contributed by atoms with E-state index in [1.54, 1.807) is 11.3 Å². The number of nitrogens with zero attached hydrogens (tertiary/aromatic N) is 1. The van der Waals surface area contributed by atoms with Gasteiger partial charge in [-0.1, -0.05) is 56.2 Å². The lowest BCUT2D eigenvalue weighted by Gasteiger charge is -2.16. The summed E-state index contributed by atoms with van der Waals surface area (Å²) in [6.45, 7) is 13.1. The molecule has 0 N–H and O–H groups in total. The molecule has 2 aliphatic carbocycles. The van der Waals surface area contributed by atoms with Crippen LogP contribution in [0.4, 0.5) is 0 Å². The Morgan fingerprint density at radius 3 is 2.83 bits per heavy atom. The predicted octanol–water partition coefficient (Wildman–Crippen LogP) is 6.83. The van der Waals surface area contributed by atoms with Gasteiger partial charge in [0.25, 0.3) is 0 Å². The highest BCUT2D eigenvalue weighted by atomic mass is 32.1. The molecule has 0 spiro atoms. The maximum Gasteiger partial charge on any atom is 0.120 e. The molecule has 24 heavy (non-hydrogen) atoms. The summed E-state index contributed by atoms with van der Waals surface area (Å²) in [4.78, 5) is 5.02. The molecule has 0 aromatic carbocycles. The van der Waals surface area contributed by atoms with Crippen LogP contribution in [0.3, 0.4) is 0 Å². The van der Waals surface area contributed by atoms with Crippen molar-refractivity contribution in [3.8, 4) is 0 Å². The molecule has 0 radical (unpaired) electrons. The lowest BCUT2D eigenvalue weighted by atomic mass is 9.89. The van der Waals surface area contributed by atoms with Gasteiger partial charge < -0.3 is 0 Å². The van der Waals surface area contributed by atoms with E-state index in [0.717, 1.165) is 17.7 Å². The molecule has 126 valence electrons.